The minimum atomic E-state index is 0. The molecular formula is C16H29Br3N4. The van der Waals surface area contributed by atoms with E-state index in [0.717, 1.165) is 32.7 Å². The van der Waals surface area contributed by atoms with Crippen molar-refractivity contribution in [2.24, 2.45) is 5.73 Å². The van der Waals surface area contributed by atoms with Gasteiger partial charge < -0.3 is 26.8 Å². The first-order valence-electron chi connectivity index (χ1n) is 7.92. The second-order valence-electron chi connectivity index (χ2n) is 5.69. The molecule has 1 aromatic carbocycles. The standard InChI is InChI=1S/C16H27BrN4.2BrH/c1-4-19(5-2)10-11-20-14-8-6-7-9-15(14)21(16(20)18)12-13(3)17;;/h6-9,13,16H,4-5,10-12,18H2,1-3H3;2*1H. The van der Waals surface area contributed by atoms with Crippen molar-refractivity contribution in [1.29, 1.82) is 0 Å². The minimum Gasteiger partial charge on any atom is -1.00 e. The summed E-state index contributed by atoms with van der Waals surface area (Å²) in [6.45, 7) is 11.8. The number of alkyl halides is 1. The van der Waals surface area contributed by atoms with Crippen LogP contribution in [0.4, 0.5) is 11.4 Å². The average Bonchev–Trinajstić information content (AvgIpc) is 2.73. The van der Waals surface area contributed by atoms with Crippen molar-refractivity contribution in [3.8, 4) is 0 Å². The summed E-state index contributed by atoms with van der Waals surface area (Å²) in [5.74, 6) is 0. The monoisotopic (exact) mass is 514 g/mol. The summed E-state index contributed by atoms with van der Waals surface area (Å²) in [5, 5.41) is 0. The zero-order valence-electron chi connectivity index (χ0n) is 14.1. The normalized spacial score (nSPS) is 20.7. The fourth-order valence-electron chi connectivity index (χ4n) is 3.08. The number of halogens is 3. The third-order valence-electron chi connectivity index (χ3n) is 4.30. The number of rotatable bonds is 7. The number of hydrogen-bond donors (Lipinski definition) is 2. The van der Waals surface area contributed by atoms with Crippen molar-refractivity contribution in [3.05, 3.63) is 24.3 Å². The van der Waals surface area contributed by atoms with Crippen LogP contribution in [-0.4, -0.2) is 48.7 Å². The van der Waals surface area contributed by atoms with Crippen LogP contribution in [0.1, 0.15) is 20.8 Å². The maximum absolute atomic E-state index is 6.54. The van der Waals surface area contributed by atoms with Gasteiger partial charge in [-0.2, -0.15) is 0 Å². The first-order valence-corrected chi connectivity index (χ1v) is 8.83. The van der Waals surface area contributed by atoms with E-state index in [1.54, 1.807) is 0 Å². The summed E-state index contributed by atoms with van der Waals surface area (Å²) in [4.78, 5) is 6.61. The third-order valence-corrected chi connectivity index (χ3v) is 4.63. The van der Waals surface area contributed by atoms with Gasteiger partial charge >= 0.3 is 0 Å². The van der Waals surface area contributed by atoms with Gasteiger partial charge in [0.2, 0.25) is 6.29 Å². The Hall–Kier alpha value is 0.340. The van der Waals surface area contributed by atoms with E-state index in [-0.39, 0.29) is 40.3 Å². The molecule has 23 heavy (non-hydrogen) atoms. The largest absolute Gasteiger partial charge is 1.00 e. The number of fused-ring (bicyclic) bond motifs is 1. The molecule has 0 saturated heterocycles. The number of nitrogens with one attached hydrogen (secondary N) is 1. The van der Waals surface area contributed by atoms with Gasteiger partial charge in [-0.25, -0.2) is 0 Å². The molecule has 0 aliphatic carbocycles. The Bertz CT molecular complexity index is 455. The van der Waals surface area contributed by atoms with Crippen LogP contribution in [0, 0.1) is 0 Å². The van der Waals surface area contributed by atoms with Gasteiger partial charge in [0.1, 0.15) is 5.69 Å². The van der Waals surface area contributed by atoms with Crippen molar-refractivity contribution >= 4 is 44.3 Å². The van der Waals surface area contributed by atoms with Crippen LogP contribution in [0.2, 0.25) is 0 Å². The van der Waals surface area contributed by atoms with Gasteiger partial charge in [0.15, 0.2) is 5.69 Å². The molecule has 0 spiro atoms. The van der Waals surface area contributed by atoms with E-state index in [0.29, 0.717) is 4.83 Å². The number of hydrogen-bond acceptors (Lipinski definition) is 3. The molecule has 0 saturated carbocycles. The predicted molar refractivity (Wildman–Crippen MR) is 104 cm³/mol. The van der Waals surface area contributed by atoms with Crippen molar-refractivity contribution in [2.75, 3.05) is 37.6 Å². The highest BCUT2D eigenvalue weighted by Crippen LogP contribution is 2.27. The number of anilines is 1. The molecule has 134 valence electrons. The first-order chi connectivity index (χ1) is 10.1. The van der Waals surface area contributed by atoms with Crippen LogP contribution in [0.3, 0.4) is 0 Å². The van der Waals surface area contributed by atoms with Crippen molar-refractivity contribution in [2.45, 2.75) is 31.9 Å². The molecule has 2 rings (SSSR count). The molecule has 1 heterocycles. The van der Waals surface area contributed by atoms with Crippen LogP contribution in [0.25, 0.3) is 0 Å². The number of quaternary nitrogens is 1. The molecule has 3 unspecified atom stereocenters. The molecular weight excluding hydrogens is 488 g/mol. The maximum Gasteiger partial charge on any atom is 0.223 e. The molecule has 4 nitrogen and oxygen atoms in total. The SMILES string of the molecule is Br.CCN(CC)CCN1c2ccccc2[NH+](CC(C)Br)C1N.[Br-]. The van der Waals surface area contributed by atoms with Crippen molar-refractivity contribution < 1.29 is 21.9 Å². The topological polar surface area (TPSA) is 36.9 Å². The Morgan fingerprint density at radius 3 is 2.48 bits per heavy atom. The maximum atomic E-state index is 6.54. The fourth-order valence-corrected chi connectivity index (χ4v) is 3.42. The van der Waals surface area contributed by atoms with Gasteiger partial charge in [0.05, 0.1) is 11.4 Å². The quantitative estimate of drug-likeness (QED) is 0.455. The number of likely N-dealkylation sites (N-methyl/N-ethyl adjacent to an activating group) is 1. The number of nitrogens with zero attached hydrogens (tertiary/aromatic N) is 2. The highest BCUT2D eigenvalue weighted by atomic mass is 79.9. The van der Waals surface area contributed by atoms with Gasteiger partial charge in [0, 0.05) is 19.2 Å². The van der Waals surface area contributed by atoms with E-state index >= 15 is 0 Å². The zero-order chi connectivity index (χ0) is 15.4. The average molecular weight is 517 g/mol. The smallest absolute Gasteiger partial charge is 0.223 e. The molecule has 0 bridgehead atoms. The Kier molecular flexibility index (Phi) is 11.2. The molecule has 0 fully saturated rings. The van der Waals surface area contributed by atoms with Crippen LogP contribution in [0.15, 0.2) is 24.3 Å². The second-order valence-corrected chi connectivity index (χ2v) is 7.26. The van der Waals surface area contributed by atoms with Gasteiger partial charge in [-0.3, -0.25) is 10.6 Å². The fraction of sp³-hybridized carbons (Fsp3) is 0.625. The molecule has 0 amide bonds. The van der Waals surface area contributed by atoms with E-state index in [9.17, 15) is 0 Å². The van der Waals surface area contributed by atoms with Gasteiger partial charge in [-0.15, -0.1) is 17.0 Å². The van der Waals surface area contributed by atoms with E-state index in [4.69, 9.17) is 5.73 Å². The minimum absolute atomic E-state index is 0. The first kappa shape index (κ1) is 23.3. The van der Waals surface area contributed by atoms with Crippen LogP contribution in [-0.2, 0) is 0 Å². The van der Waals surface area contributed by atoms with Gasteiger partial charge in [-0.1, -0.05) is 41.9 Å². The number of benzene rings is 1. The molecule has 1 aliphatic rings. The third kappa shape index (κ3) is 5.68. The molecule has 0 radical (unpaired) electrons. The van der Waals surface area contributed by atoms with E-state index in [1.165, 1.54) is 16.3 Å². The van der Waals surface area contributed by atoms with Crippen molar-refractivity contribution in [1.82, 2.24) is 4.90 Å². The lowest BCUT2D eigenvalue weighted by Crippen LogP contribution is -3.14. The van der Waals surface area contributed by atoms with Gasteiger partial charge in [0.25, 0.3) is 0 Å². The second kappa shape index (κ2) is 11.1. The Morgan fingerprint density at radius 2 is 1.91 bits per heavy atom. The van der Waals surface area contributed by atoms with Crippen LogP contribution in [0.5, 0.6) is 0 Å². The highest BCUT2D eigenvalue weighted by Gasteiger charge is 2.38. The summed E-state index contributed by atoms with van der Waals surface area (Å²) < 4.78 is 0. The molecule has 7 heteroatoms. The summed E-state index contributed by atoms with van der Waals surface area (Å²) in [6.07, 6.45) is 0.0120. The molecule has 0 aromatic heterocycles. The lowest BCUT2D eigenvalue weighted by molar-refractivity contribution is -0.852. The predicted octanol–water partition coefficient (Wildman–Crippen LogP) is -1.03. The Balaban J connectivity index is 0.00000242. The number of nitrogens with two attached hydrogens (primary N) is 1. The van der Waals surface area contributed by atoms with Gasteiger partial charge in [-0.05, 0) is 26.1 Å². The van der Waals surface area contributed by atoms with Crippen molar-refractivity contribution in [3.63, 3.8) is 0 Å². The summed E-state index contributed by atoms with van der Waals surface area (Å²) in [5.41, 5.74) is 9.16. The molecule has 3 atom stereocenters. The lowest BCUT2D eigenvalue weighted by atomic mass is 10.2. The van der Waals surface area contributed by atoms with E-state index in [1.807, 2.05) is 0 Å². The molecule has 1 aliphatic heterocycles. The zero-order valence-corrected chi connectivity index (χ0v) is 19.0. The highest BCUT2D eigenvalue weighted by molar-refractivity contribution is 9.09. The van der Waals surface area contributed by atoms with Crippen LogP contribution < -0.4 is 32.5 Å². The molecule has 1 aromatic rings. The van der Waals surface area contributed by atoms with E-state index in [2.05, 4.69) is 70.8 Å². The van der Waals surface area contributed by atoms with Crippen LogP contribution >= 0.6 is 32.9 Å². The summed E-state index contributed by atoms with van der Waals surface area (Å²) in [7, 11) is 0. The number of para-hydroxylation sites is 2. The Labute approximate surface area is 170 Å². The summed E-state index contributed by atoms with van der Waals surface area (Å²) >= 11 is 3.67. The lowest BCUT2D eigenvalue weighted by Gasteiger charge is -2.28. The summed E-state index contributed by atoms with van der Waals surface area (Å²) in [6, 6.07) is 8.62. The van der Waals surface area contributed by atoms with E-state index < -0.39 is 0 Å². The molecule has 3 N–H and O–H groups in total. The Morgan fingerprint density at radius 1 is 1.30 bits per heavy atom.